The van der Waals surface area contributed by atoms with Gasteiger partial charge in [-0.1, -0.05) is 13.0 Å². The molecule has 1 aromatic carbocycles. The summed E-state index contributed by atoms with van der Waals surface area (Å²) in [6.07, 6.45) is 2.54. The minimum atomic E-state index is -0.577. The fourth-order valence-electron chi connectivity index (χ4n) is 3.71. The Morgan fingerprint density at radius 1 is 1.36 bits per heavy atom. The predicted molar refractivity (Wildman–Crippen MR) is 86.6 cm³/mol. The molecule has 1 saturated heterocycles. The van der Waals surface area contributed by atoms with Crippen LogP contribution in [0.15, 0.2) is 18.2 Å². The molecule has 4 heteroatoms. The van der Waals surface area contributed by atoms with Gasteiger partial charge in [0, 0.05) is 45.7 Å². The summed E-state index contributed by atoms with van der Waals surface area (Å²) < 4.78 is 10.7. The molecule has 0 radical (unpaired) electrons. The Bertz CT molecular complexity index is 511. The molecule has 1 N–H and O–H groups in total. The van der Waals surface area contributed by atoms with Crippen LogP contribution in [0, 0.1) is 0 Å². The molecule has 1 aromatic rings. The van der Waals surface area contributed by atoms with E-state index in [1.54, 1.807) is 7.11 Å². The molecule has 0 aliphatic carbocycles. The van der Waals surface area contributed by atoms with Crippen LogP contribution in [0.25, 0.3) is 0 Å². The number of rotatable bonds is 3. The molecular weight excluding hydrogens is 278 g/mol. The van der Waals surface area contributed by atoms with E-state index in [1.165, 1.54) is 11.1 Å². The minimum Gasteiger partial charge on any atom is -0.497 e. The molecule has 1 fully saturated rings. The van der Waals surface area contributed by atoms with E-state index in [0.29, 0.717) is 19.1 Å². The number of methoxy groups -OCH3 is 1. The number of hydrogen-bond acceptors (Lipinski definition) is 4. The van der Waals surface area contributed by atoms with Gasteiger partial charge in [-0.15, -0.1) is 0 Å². The lowest BCUT2D eigenvalue weighted by molar-refractivity contribution is -0.0798. The first-order valence-corrected chi connectivity index (χ1v) is 8.29. The monoisotopic (exact) mass is 305 g/mol. The van der Waals surface area contributed by atoms with Gasteiger partial charge < -0.3 is 14.6 Å². The van der Waals surface area contributed by atoms with Crippen LogP contribution in [0.3, 0.4) is 0 Å². The van der Waals surface area contributed by atoms with Gasteiger partial charge in [0.25, 0.3) is 0 Å². The third-order valence-corrected chi connectivity index (χ3v) is 5.05. The Morgan fingerprint density at radius 3 is 2.86 bits per heavy atom. The van der Waals surface area contributed by atoms with Gasteiger partial charge in [0.15, 0.2) is 0 Å². The highest BCUT2D eigenvalue weighted by Crippen LogP contribution is 2.30. The van der Waals surface area contributed by atoms with Crippen LogP contribution in [0.1, 0.15) is 36.8 Å². The SMILES string of the molecule is COc1ccc2c(c1)C(C)CN(CC1(O)CCOCC1)CC2. The largest absolute Gasteiger partial charge is 0.497 e. The molecule has 122 valence electrons. The minimum absolute atomic E-state index is 0.455. The van der Waals surface area contributed by atoms with E-state index in [1.807, 2.05) is 6.07 Å². The van der Waals surface area contributed by atoms with Crippen molar-refractivity contribution in [2.24, 2.45) is 0 Å². The van der Waals surface area contributed by atoms with Crippen LogP contribution in [-0.2, 0) is 11.2 Å². The number of benzene rings is 1. The van der Waals surface area contributed by atoms with Crippen molar-refractivity contribution < 1.29 is 14.6 Å². The summed E-state index contributed by atoms with van der Waals surface area (Å²) in [4.78, 5) is 2.42. The molecule has 0 amide bonds. The average molecular weight is 305 g/mol. The molecule has 1 unspecified atom stereocenters. The van der Waals surface area contributed by atoms with Crippen molar-refractivity contribution in [2.45, 2.75) is 37.7 Å². The highest BCUT2D eigenvalue weighted by Gasteiger charge is 2.33. The van der Waals surface area contributed by atoms with Gasteiger partial charge >= 0.3 is 0 Å². The number of aliphatic hydroxyl groups is 1. The zero-order valence-electron chi connectivity index (χ0n) is 13.7. The lowest BCUT2D eigenvalue weighted by atomic mass is 9.93. The number of fused-ring (bicyclic) bond motifs is 1. The van der Waals surface area contributed by atoms with Gasteiger partial charge in [0.2, 0.25) is 0 Å². The second-order valence-corrected chi connectivity index (χ2v) is 6.79. The molecule has 4 nitrogen and oxygen atoms in total. The topological polar surface area (TPSA) is 41.9 Å². The highest BCUT2D eigenvalue weighted by atomic mass is 16.5. The van der Waals surface area contributed by atoms with Crippen molar-refractivity contribution in [3.05, 3.63) is 29.3 Å². The van der Waals surface area contributed by atoms with Crippen molar-refractivity contribution in [3.8, 4) is 5.75 Å². The molecule has 0 saturated carbocycles. The van der Waals surface area contributed by atoms with Gasteiger partial charge in [-0.05, 0) is 35.6 Å². The maximum absolute atomic E-state index is 10.8. The van der Waals surface area contributed by atoms with Crippen LogP contribution in [-0.4, -0.2) is 55.6 Å². The summed E-state index contributed by atoms with van der Waals surface area (Å²) in [5.41, 5.74) is 2.22. The van der Waals surface area contributed by atoms with Crippen LogP contribution in [0.2, 0.25) is 0 Å². The van der Waals surface area contributed by atoms with Crippen molar-refractivity contribution in [1.29, 1.82) is 0 Å². The van der Waals surface area contributed by atoms with Crippen molar-refractivity contribution >= 4 is 0 Å². The van der Waals surface area contributed by atoms with E-state index < -0.39 is 5.60 Å². The highest BCUT2D eigenvalue weighted by molar-refractivity contribution is 5.38. The summed E-state index contributed by atoms with van der Waals surface area (Å²) in [5.74, 6) is 1.39. The number of nitrogens with zero attached hydrogens (tertiary/aromatic N) is 1. The Labute approximate surface area is 133 Å². The molecule has 22 heavy (non-hydrogen) atoms. The maximum atomic E-state index is 10.8. The van der Waals surface area contributed by atoms with Gasteiger partial charge in [-0.2, -0.15) is 0 Å². The van der Waals surface area contributed by atoms with E-state index >= 15 is 0 Å². The third kappa shape index (κ3) is 3.45. The quantitative estimate of drug-likeness (QED) is 0.929. The second-order valence-electron chi connectivity index (χ2n) is 6.79. The zero-order valence-corrected chi connectivity index (χ0v) is 13.7. The molecule has 2 aliphatic rings. The smallest absolute Gasteiger partial charge is 0.119 e. The summed E-state index contributed by atoms with van der Waals surface area (Å²) in [6.45, 7) is 6.38. The van der Waals surface area contributed by atoms with E-state index in [4.69, 9.17) is 9.47 Å². The lowest BCUT2D eigenvalue weighted by Gasteiger charge is -2.37. The number of ether oxygens (including phenoxy) is 2. The number of hydrogen-bond donors (Lipinski definition) is 1. The van der Waals surface area contributed by atoms with E-state index in [-0.39, 0.29) is 0 Å². The Balaban J connectivity index is 1.71. The molecule has 2 heterocycles. The normalized spacial score (nSPS) is 25.3. The first-order chi connectivity index (χ1) is 10.6. The molecule has 0 spiro atoms. The molecule has 0 aromatic heterocycles. The number of β-amino-alcohol motifs (C(OH)–C–C–N with tert-alkyl or cyclic N) is 1. The van der Waals surface area contributed by atoms with Crippen LogP contribution in [0.4, 0.5) is 0 Å². The fraction of sp³-hybridized carbons (Fsp3) is 0.667. The van der Waals surface area contributed by atoms with Crippen LogP contribution < -0.4 is 4.74 Å². The zero-order chi connectivity index (χ0) is 15.6. The summed E-state index contributed by atoms with van der Waals surface area (Å²) >= 11 is 0. The average Bonchev–Trinajstić information content (AvgIpc) is 2.66. The van der Waals surface area contributed by atoms with Gasteiger partial charge in [-0.25, -0.2) is 0 Å². The Kier molecular flexibility index (Phi) is 4.71. The maximum Gasteiger partial charge on any atom is 0.119 e. The second kappa shape index (κ2) is 6.57. The van der Waals surface area contributed by atoms with Gasteiger partial charge in [0.1, 0.15) is 5.75 Å². The van der Waals surface area contributed by atoms with E-state index in [2.05, 4.69) is 24.0 Å². The van der Waals surface area contributed by atoms with Crippen LogP contribution in [0.5, 0.6) is 5.75 Å². The molecular formula is C18H27NO3. The first kappa shape index (κ1) is 15.8. The van der Waals surface area contributed by atoms with E-state index in [9.17, 15) is 5.11 Å². The molecule has 1 atom stereocenters. The fourth-order valence-corrected chi connectivity index (χ4v) is 3.71. The standard InChI is InChI=1S/C18H27NO3/c1-14-12-19(13-18(20)6-9-22-10-7-18)8-5-15-3-4-16(21-2)11-17(14)15/h3-4,11,14,20H,5-10,12-13H2,1-2H3. The van der Waals surface area contributed by atoms with Crippen molar-refractivity contribution in [1.82, 2.24) is 4.90 Å². The predicted octanol–water partition coefficient (Wildman–Crippen LogP) is 2.20. The first-order valence-electron chi connectivity index (χ1n) is 8.29. The Hall–Kier alpha value is -1.10. The van der Waals surface area contributed by atoms with Crippen molar-refractivity contribution in [2.75, 3.05) is 40.0 Å². The van der Waals surface area contributed by atoms with Gasteiger partial charge in [0.05, 0.1) is 12.7 Å². The molecule has 3 rings (SSSR count). The van der Waals surface area contributed by atoms with E-state index in [0.717, 1.165) is 44.6 Å². The summed E-state index contributed by atoms with van der Waals surface area (Å²) in [5, 5.41) is 10.8. The Morgan fingerprint density at radius 2 is 2.14 bits per heavy atom. The summed E-state index contributed by atoms with van der Waals surface area (Å²) in [7, 11) is 1.72. The molecule has 2 aliphatic heterocycles. The van der Waals surface area contributed by atoms with Crippen LogP contribution >= 0.6 is 0 Å². The third-order valence-electron chi connectivity index (χ3n) is 5.05. The summed E-state index contributed by atoms with van der Waals surface area (Å²) in [6, 6.07) is 6.41. The molecule has 0 bridgehead atoms. The van der Waals surface area contributed by atoms with Gasteiger partial charge in [-0.3, -0.25) is 4.90 Å². The van der Waals surface area contributed by atoms with Crippen molar-refractivity contribution in [3.63, 3.8) is 0 Å². The lowest BCUT2D eigenvalue weighted by Crippen LogP contribution is -2.47.